The molecule has 1 atom stereocenters. The van der Waals surface area contributed by atoms with Crippen LogP contribution in [0.4, 0.5) is 11.4 Å². The van der Waals surface area contributed by atoms with Crippen LogP contribution in [0, 0.1) is 27.4 Å². The van der Waals surface area contributed by atoms with Crippen LogP contribution in [0.3, 0.4) is 0 Å². The molecule has 0 radical (unpaired) electrons. The summed E-state index contributed by atoms with van der Waals surface area (Å²) < 4.78 is 0. The van der Waals surface area contributed by atoms with E-state index in [4.69, 9.17) is 16.9 Å². The monoisotopic (exact) mass is 336 g/mol. The number of carbonyl (C=O) groups excluding carboxylic acids is 1. The lowest BCUT2D eigenvalue weighted by Crippen LogP contribution is -2.41. The standard InChI is InChI=1S/C15H17ClN4O3/c16-13-5-4-12(9-14(13)20(22)23)18-15(21)11-3-1-7-19(10-11)8-2-6-17/h4-5,9,11H,1-3,7-8,10H2,(H,18,21). The van der Waals surface area contributed by atoms with E-state index in [1.54, 1.807) is 6.07 Å². The van der Waals surface area contributed by atoms with Crippen molar-refractivity contribution in [2.24, 2.45) is 5.92 Å². The first-order valence-electron chi connectivity index (χ1n) is 7.35. The molecule has 1 heterocycles. The Hall–Kier alpha value is -2.17. The Morgan fingerprint density at radius 2 is 2.35 bits per heavy atom. The van der Waals surface area contributed by atoms with E-state index in [0.717, 1.165) is 19.4 Å². The lowest BCUT2D eigenvalue weighted by molar-refractivity contribution is -0.384. The number of rotatable bonds is 5. The van der Waals surface area contributed by atoms with Gasteiger partial charge in [-0.3, -0.25) is 14.9 Å². The van der Waals surface area contributed by atoms with Gasteiger partial charge >= 0.3 is 0 Å². The molecule has 0 saturated carbocycles. The molecule has 23 heavy (non-hydrogen) atoms. The van der Waals surface area contributed by atoms with Crippen LogP contribution < -0.4 is 5.32 Å². The SMILES string of the molecule is N#CCCN1CCCC(C(=O)Nc2ccc(Cl)c([N+](=O)[O-])c2)C1. The number of nitrogens with one attached hydrogen (secondary N) is 1. The first kappa shape index (κ1) is 17.2. The van der Waals surface area contributed by atoms with Crippen LogP contribution in [0.15, 0.2) is 18.2 Å². The number of carbonyl (C=O) groups is 1. The summed E-state index contributed by atoms with van der Waals surface area (Å²) in [6.45, 7) is 2.15. The molecule has 0 aliphatic carbocycles. The van der Waals surface area contributed by atoms with Gasteiger partial charge in [0, 0.05) is 31.3 Å². The molecular formula is C15H17ClN4O3. The number of nitro groups is 1. The zero-order valence-corrected chi connectivity index (χ0v) is 13.3. The summed E-state index contributed by atoms with van der Waals surface area (Å²) in [6.07, 6.45) is 2.10. The third-order valence-electron chi connectivity index (χ3n) is 3.83. The Morgan fingerprint density at radius 1 is 1.57 bits per heavy atom. The van der Waals surface area contributed by atoms with Crippen LogP contribution in [-0.4, -0.2) is 35.4 Å². The Kier molecular flexibility index (Phi) is 5.90. The van der Waals surface area contributed by atoms with Crippen molar-refractivity contribution in [3.63, 3.8) is 0 Å². The maximum atomic E-state index is 12.3. The molecule has 1 N–H and O–H groups in total. The van der Waals surface area contributed by atoms with Crippen molar-refractivity contribution in [1.29, 1.82) is 5.26 Å². The number of hydrogen-bond donors (Lipinski definition) is 1. The molecule has 1 amide bonds. The highest BCUT2D eigenvalue weighted by molar-refractivity contribution is 6.32. The Morgan fingerprint density at radius 3 is 3.04 bits per heavy atom. The minimum atomic E-state index is -0.581. The van der Waals surface area contributed by atoms with Gasteiger partial charge in [0.15, 0.2) is 0 Å². The van der Waals surface area contributed by atoms with Crippen LogP contribution in [0.2, 0.25) is 5.02 Å². The molecule has 0 spiro atoms. The van der Waals surface area contributed by atoms with Crippen LogP contribution in [-0.2, 0) is 4.79 Å². The van der Waals surface area contributed by atoms with E-state index in [9.17, 15) is 14.9 Å². The fourth-order valence-electron chi connectivity index (χ4n) is 2.66. The van der Waals surface area contributed by atoms with Gasteiger partial charge in [0.25, 0.3) is 5.69 Å². The predicted molar refractivity (Wildman–Crippen MR) is 86.1 cm³/mol. The number of hydrogen-bond acceptors (Lipinski definition) is 5. The summed E-state index contributed by atoms with van der Waals surface area (Å²) in [7, 11) is 0. The highest BCUT2D eigenvalue weighted by Crippen LogP contribution is 2.28. The second kappa shape index (κ2) is 7.90. The van der Waals surface area contributed by atoms with Gasteiger partial charge in [-0.15, -0.1) is 0 Å². The van der Waals surface area contributed by atoms with Gasteiger partial charge in [0.05, 0.1) is 16.9 Å². The normalized spacial score (nSPS) is 18.2. The Balaban J connectivity index is 2.00. The molecule has 0 aromatic heterocycles. The van der Waals surface area contributed by atoms with Crippen LogP contribution in [0.1, 0.15) is 19.3 Å². The van der Waals surface area contributed by atoms with Gasteiger partial charge in [0.2, 0.25) is 5.91 Å². The van der Waals surface area contributed by atoms with Gasteiger partial charge in [0.1, 0.15) is 5.02 Å². The molecule has 0 bridgehead atoms. The molecule has 2 rings (SSSR count). The van der Waals surface area contributed by atoms with E-state index in [-0.39, 0.29) is 22.5 Å². The number of amides is 1. The van der Waals surface area contributed by atoms with Gasteiger partial charge in [-0.25, -0.2) is 0 Å². The molecule has 1 aliphatic rings. The number of anilines is 1. The van der Waals surface area contributed by atoms with Crippen molar-refractivity contribution < 1.29 is 9.72 Å². The van der Waals surface area contributed by atoms with Crippen molar-refractivity contribution in [3.05, 3.63) is 33.3 Å². The number of halogens is 1. The van der Waals surface area contributed by atoms with Crippen molar-refractivity contribution in [3.8, 4) is 6.07 Å². The molecule has 1 aromatic rings. The molecule has 1 fully saturated rings. The number of nitriles is 1. The largest absolute Gasteiger partial charge is 0.326 e. The third kappa shape index (κ3) is 4.65. The van der Waals surface area contributed by atoms with Gasteiger partial charge in [-0.2, -0.15) is 5.26 Å². The lowest BCUT2D eigenvalue weighted by atomic mass is 9.97. The van der Waals surface area contributed by atoms with Crippen molar-refractivity contribution in [2.45, 2.75) is 19.3 Å². The second-order valence-corrected chi connectivity index (χ2v) is 5.87. The highest BCUT2D eigenvalue weighted by Gasteiger charge is 2.26. The minimum Gasteiger partial charge on any atom is -0.326 e. The lowest BCUT2D eigenvalue weighted by Gasteiger charge is -2.31. The zero-order chi connectivity index (χ0) is 16.8. The van der Waals surface area contributed by atoms with Crippen molar-refractivity contribution in [2.75, 3.05) is 25.0 Å². The zero-order valence-electron chi connectivity index (χ0n) is 12.5. The molecule has 1 saturated heterocycles. The molecule has 1 aromatic carbocycles. The van der Waals surface area contributed by atoms with Crippen molar-refractivity contribution >= 4 is 28.9 Å². The topological polar surface area (TPSA) is 99.3 Å². The number of benzene rings is 1. The average Bonchev–Trinajstić information content (AvgIpc) is 2.54. The summed E-state index contributed by atoms with van der Waals surface area (Å²) in [6, 6.07) is 6.31. The van der Waals surface area contributed by atoms with E-state index in [1.807, 2.05) is 0 Å². The van der Waals surface area contributed by atoms with E-state index in [1.165, 1.54) is 12.1 Å². The first-order valence-corrected chi connectivity index (χ1v) is 7.73. The van der Waals surface area contributed by atoms with Gasteiger partial charge < -0.3 is 10.2 Å². The summed E-state index contributed by atoms with van der Waals surface area (Å²) >= 11 is 5.76. The summed E-state index contributed by atoms with van der Waals surface area (Å²) in [5.41, 5.74) is 0.129. The second-order valence-electron chi connectivity index (χ2n) is 5.46. The minimum absolute atomic E-state index is 0.0355. The van der Waals surface area contributed by atoms with E-state index >= 15 is 0 Å². The van der Waals surface area contributed by atoms with Gasteiger partial charge in [-0.1, -0.05) is 11.6 Å². The van der Waals surface area contributed by atoms with Gasteiger partial charge in [-0.05, 0) is 31.5 Å². The third-order valence-corrected chi connectivity index (χ3v) is 4.15. The first-order chi connectivity index (χ1) is 11.0. The van der Waals surface area contributed by atoms with E-state index < -0.39 is 4.92 Å². The van der Waals surface area contributed by atoms with Crippen LogP contribution in [0.25, 0.3) is 0 Å². The van der Waals surface area contributed by atoms with E-state index in [0.29, 0.717) is 25.2 Å². The molecule has 7 nitrogen and oxygen atoms in total. The Labute approximate surface area is 139 Å². The Bertz CT molecular complexity index is 644. The smallest absolute Gasteiger partial charge is 0.289 e. The fraction of sp³-hybridized carbons (Fsp3) is 0.467. The molecule has 1 unspecified atom stereocenters. The average molecular weight is 337 g/mol. The molecule has 8 heteroatoms. The number of nitro benzene ring substituents is 1. The maximum Gasteiger partial charge on any atom is 0.289 e. The molecular weight excluding hydrogens is 320 g/mol. The quantitative estimate of drug-likeness (QED) is 0.658. The van der Waals surface area contributed by atoms with E-state index in [2.05, 4.69) is 16.3 Å². The fourth-order valence-corrected chi connectivity index (χ4v) is 2.84. The maximum absolute atomic E-state index is 12.3. The number of likely N-dealkylation sites (tertiary alicyclic amines) is 1. The highest BCUT2D eigenvalue weighted by atomic mass is 35.5. The summed E-state index contributed by atoms with van der Waals surface area (Å²) in [5, 5.41) is 22.3. The van der Waals surface area contributed by atoms with Crippen molar-refractivity contribution in [1.82, 2.24) is 4.90 Å². The van der Waals surface area contributed by atoms with Crippen LogP contribution >= 0.6 is 11.6 Å². The summed E-state index contributed by atoms with van der Waals surface area (Å²) in [5.74, 6) is -0.347. The number of nitrogens with zero attached hydrogens (tertiary/aromatic N) is 3. The predicted octanol–water partition coefficient (Wildman–Crippen LogP) is 2.81. The summed E-state index contributed by atoms with van der Waals surface area (Å²) in [4.78, 5) is 24.7. The van der Waals surface area contributed by atoms with Crippen LogP contribution in [0.5, 0.6) is 0 Å². The molecule has 1 aliphatic heterocycles. The molecule has 122 valence electrons. The number of piperidine rings is 1.